The second-order valence-corrected chi connectivity index (χ2v) is 6.91. The van der Waals surface area contributed by atoms with Gasteiger partial charge in [-0.2, -0.15) is 0 Å². The van der Waals surface area contributed by atoms with Crippen molar-refractivity contribution in [3.8, 4) is 11.8 Å². The molecule has 1 fully saturated rings. The number of urea groups is 1. The minimum Gasteiger partial charge on any atom is -0.327 e. The van der Waals surface area contributed by atoms with Crippen LogP contribution in [0.5, 0.6) is 0 Å². The molecule has 4 nitrogen and oxygen atoms in total. The van der Waals surface area contributed by atoms with Gasteiger partial charge in [0.1, 0.15) is 5.82 Å². The van der Waals surface area contributed by atoms with E-state index in [2.05, 4.69) is 30.7 Å². The van der Waals surface area contributed by atoms with E-state index in [1.807, 2.05) is 49.5 Å². The topological polar surface area (TPSA) is 36.4 Å². The molecule has 0 atom stereocenters. The molecule has 0 radical (unpaired) electrons. The number of nitrogens with zero attached hydrogens (tertiary/aromatic N) is 3. The fourth-order valence-electron chi connectivity index (χ4n) is 2.93. The number of aromatic nitrogens is 1. The van der Waals surface area contributed by atoms with Crippen molar-refractivity contribution in [3.05, 3.63) is 59.8 Å². The number of benzene rings is 1. The lowest BCUT2D eigenvalue weighted by Gasteiger charge is -2.42. The molecule has 0 spiro atoms. The number of rotatable bonds is 1. The molecule has 2 aromatic rings. The van der Waals surface area contributed by atoms with Crippen LogP contribution in [0.3, 0.4) is 0 Å². The summed E-state index contributed by atoms with van der Waals surface area (Å²) in [4.78, 5) is 20.3. The van der Waals surface area contributed by atoms with Crippen LogP contribution >= 0.6 is 0 Å². The summed E-state index contributed by atoms with van der Waals surface area (Å²) in [6.45, 7) is 5.73. The van der Waals surface area contributed by atoms with Crippen LogP contribution in [0.1, 0.15) is 25.0 Å². The van der Waals surface area contributed by atoms with E-state index in [9.17, 15) is 4.79 Å². The van der Waals surface area contributed by atoms with E-state index in [1.54, 1.807) is 16.0 Å². The van der Waals surface area contributed by atoms with Crippen LogP contribution < -0.4 is 4.90 Å². The molecule has 0 bridgehead atoms. The molecular formula is C20H21N3O. The van der Waals surface area contributed by atoms with Crippen molar-refractivity contribution in [1.82, 2.24) is 9.88 Å². The largest absolute Gasteiger partial charge is 0.327 e. The standard InChI is InChI=1S/C20H21N3O/c1-20(2)14-22(3)19(24)23(15-20)18-12-11-17(13-21-18)10-9-16-7-5-4-6-8-16/h4-8,11-13H,14-15H2,1-3H3. The fraction of sp³-hybridized carbons (Fsp3) is 0.300. The Morgan fingerprint density at radius 2 is 1.71 bits per heavy atom. The van der Waals surface area contributed by atoms with E-state index in [4.69, 9.17) is 0 Å². The van der Waals surface area contributed by atoms with Crippen LogP contribution in [0.25, 0.3) is 0 Å². The van der Waals surface area contributed by atoms with Crippen LogP contribution in [-0.2, 0) is 0 Å². The van der Waals surface area contributed by atoms with E-state index in [-0.39, 0.29) is 11.4 Å². The quantitative estimate of drug-likeness (QED) is 0.756. The molecular weight excluding hydrogens is 298 g/mol. The molecule has 1 aliphatic heterocycles. The molecule has 4 heteroatoms. The monoisotopic (exact) mass is 319 g/mol. The van der Waals surface area contributed by atoms with Crippen molar-refractivity contribution in [2.75, 3.05) is 25.0 Å². The average Bonchev–Trinajstić information content (AvgIpc) is 2.57. The normalized spacial score (nSPS) is 16.5. The molecule has 3 rings (SSSR count). The number of carbonyl (C=O) groups is 1. The van der Waals surface area contributed by atoms with Gasteiger partial charge in [0.05, 0.1) is 0 Å². The minimum absolute atomic E-state index is 0.00931. The van der Waals surface area contributed by atoms with E-state index < -0.39 is 0 Å². The highest BCUT2D eigenvalue weighted by atomic mass is 16.2. The molecule has 24 heavy (non-hydrogen) atoms. The Kier molecular flexibility index (Phi) is 4.26. The van der Waals surface area contributed by atoms with E-state index in [0.29, 0.717) is 12.4 Å². The van der Waals surface area contributed by atoms with Crippen LogP contribution in [0.2, 0.25) is 0 Å². The number of hydrogen-bond acceptors (Lipinski definition) is 2. The molecule has 122 valence electrons. The summed E-state index contributed by atoms with van der Waals surface area (Å²) in [5.74, 6) is 6.88. The summed E-state index contributed by atoms with van der Waals surface area (Å²) < 4.78 is 0. The summed E-state index contributed by atoms with van der Waals surface area (Å²) in [6.07, 6.45) is 1.72. The number of anilines is 1. The zero-order valence-electron chi connectivity index (χ0n) is 14.3. The van der Waals surface area contributed by atoms with Gasteiger partial charge in [0.15, 0.2) is 0 Å². The third-order valence-corrected chi connectivity index (χ3v) is 3.96. The van der Waals surface area contributed by atoms with Gasteiger partial charge in [0.25, 0.3) is 0 Å². The van der Waals surface area contributed by atoms with Gasteiger partial charge in [0.2, 0.25) is 0 Å². The third kappa shape index (κ3) is 3.57. The molecule has 1 aromatic carbocycles. The molecule has 1 aromatic heterocycles. The highest BCUT2D eigenvalue weighted by Gasteiger charge is 2.35. The van der Waals surface area contributed by atoms with Crippen molar-refractivity contribution in [2.45, 2.75) is 13.8 Å². The summed E-state index contributed by atoms with van der Waals surface area (Å²) >= 11 is 0. The first-order chi connectivity index (χ1) is 11.4. The average molecular weight is 319 g/mol. The van der Waals surface area contributed by atoms with Crippen molar-refractivity contribution in [2.24, 2.45) is 5.41 Å². The van der Waals surface area contributed by atoms with Gasteiger partial charge in [-0.1, -0.05) is 43.9 Å². The Bertz CT molecular complexity index is 785. The lowest BCUT2D eigenvalue weighted by molar-refractivity contribution is 0.166. The van der Waals surface area contributed by atoms with Crippen LogP contribution in [0, 0.1) is 17.3 Å². The lowest BCUT2D eigenvalue weighted by Crippen LogP contribution is -2.55. The molecule has 0 unspecified atom stereocenters. The van der Waals surface area contributed by atoms with E-state index >= 15 is 0 Å². The van der Waals surface area contributed by atoms with Gasteiger partial charge >= 0.3 is 6.03 Å². The molecule has 0 saturated carbocycles. The van der Waals surface area contributed by atoms with Gasteiger partial charge in [-0.05, 0) is 24.3 Å². The van der Waals surface area contributed by atoms with Crippen molar-refractivity contribution < 1.29 is 4.79 Å². The van der Waals surface area contributed by atoms with E-state index in [0.717, 1.165) is 17.7 Å². The molecule has 2 heterocycles. The SMILES string of the molecule is CN1CC(C)(C)CN(c2ccc(C#Cc3ccccc3)cn2)C1=O. The van der Waals surface area contributed by atoms with Crippen LogP contribution in [0.15, 0.2) is 48.7 Å². The highest BCUT2D eigenvalue weighted by molar-refractivity contribution is 5.91. The van der Waals surface area contributed by atoms with Crippen LogP contribution in [0.4, 0.5) is 10.6 Å². The predicted octanol–water partition coefficient (Wildman–Crippen LogP) is 3.38. The van der Waals surface area contributed by atoms with Gasteiger partial charge in [-0.3, -0.25) is 4.90 Å². The Morgan fingerprint density at radius 1 is 1.00 bits per heavy atom. The molecule has 0 aliphatic carbocycles. The Labute approximate surface area is 143 Å². The maximum absolute atomic E-state index is 12.4. The molecule has 1 saturated heterocycles. The van der Waals surface area contributed by atoms with E-state index in [1.165, 1.54) is 0 Å². The third-order valence-electron chi connectivity index (χ3n) is 3.96. The zero-order valence-corrected chi connectivity index (χ0v) is 14.3. The second-order valence-electron chi connectivity index (χ2n) is 6.91. The maximum Gasteiger partial charge on any atom is 0.325 e. The first-order valence-electron chi connectivity index (χ1n) is 8.00. The Morgan fingerprint density at radius 3 is 2.38 bits per heavy atom. The first kappa shape index (κ1) is 16.1. The summed E-state index contributed by atoms with van der Waals surface area (Å²) in [5, 5.41) is 0. The number of hydrogen-bond donors (Lipinski definition) is 0. The van der Waals surface area contributed by atoms with Gasteiger partial charge < -0.3 is 4.90 Å². The summed E-state index contributed by atoms with van der Waals surface area (Å²) in [6, 6.07) is 13.6. The molecule has 2 amide bonds. The van der Waals surface area contributed by atoms with Crippen molar-refractivity contribution in [1.29, 1.82) is 0 Å². The Balaban J connectivity index is 1.79. The highest BCUT2D eigenvalue weighted by Crippen LogP contribution is 2.27. The number of pyridine rings is 1. The Hall–Kier alpha value is -2.80. The van der Waals surface area contributed by atoms with Gasteiger partial charge in [-0.25, -0.2) is 9.78 Å². The van der Waals surface area contributed by atoms with Gasteiger partial charge in [0, 0.05) is 42.9 Å². The fourth-order valence-corrected chi connectivity index (χ4v) is 2.93. The smallest absolute Gasteiger partial charge is 0.325 e. The maximum atomic E-state index is 12.4. The summed E-state index contributed by atoms with van der Waals surface area (Å²) in [5.41, 5.74) is 1.84. The van der Waals surface area contributed by atoms with Gasteiger partial charge in [-0.15, -0.1) is 0 Å². The summed E-state index contributed by atoms with van der Waals surface area (Å²) in [7, 11) is 1.83. The number of carbonyl (C=O) groups excluding carboxylic acids is 1. The van der Waals surface area contributed by atoms with Crippen molar-refractivity contribution in [3.63, 3.8) is 0 Å². The minimum atomic E-state index is -0.00931. The lowest BCUT2D eigenvalue weighted by atomic mass is 9.90. The molecule has 1 aliphatic rings. The molecule has 0 N–H and O–H groups in total. The first-order valence-corrected chi connectivity index (χ1v) is 8.00. The predicted molar refractivity (Wildman–Crippen MR) is 95.8 cm³/mol. The zero-order chi connectivity index (χ0) is 17.2. The number of amides is 2. The second kappa shape index (κ2) is 6.37. The van der Waals surface area contributed by atoms with Crippen molar-refractivity contribution >= 4 is 11.8 Å². The van der Waals surface area contributed by atoms with Crippen LogP contribution in [-0.4, -0.2) is 36.1 Å².